The number of halogens is 1. The molecule has 0 radical (unpaired) electrons. The lowest BCUT2D eigenvalue weighted by atomic mass is 9.86. The number of hydrogen-bond donors (Lipinski definition) is 2. The van der Waals surface area contributed by atoms with Gasteiger partial charge in [-0.3, -0.25) is 4.79 Å². The molecule has 0 spiro atoms. The number of amides is 2. The predicted molar refractivity (Wildman–Crippen MR) is 96.7 cm³/mol. The Morgan fingerprint density at radius 2 is 1.96 bits per heavy atom. The minimum absolute atomic E-state index is 0.0665. The molecule has 2 rings (SSSR count). The van der Waals surface area contributed by atoms with Gasteiger partial charge in [-0.1, -0.05) is 28.1 Å². The topological polar surface area (TPSA) is 69.6 Å². The molecule has 0 saturated heterocycles. The van der Waals surface area contributed by atoms with Gasteiger partial charge in [0.2, 0.25) is 0 Å². The van der Waals surface area contributed by atoms with Crippen molar-refractivity contribution in [1.82, 2.24) is 10.2 Å². The van der Waals surface area contributed by atoms with E-state index in [1.54, 1.807) is 0 Å². The number of rotatable bonds is 5. The van der Waals surface area contributed by atoms with Gasteiger partial charge in [0.25, 0.3) is 0 Å². The molecule has 24 heavy (non-hydrogen) atoms. The van der Waals surface area contributed by atoms with Crippen LogP contribution in [0.5, 0.6) is 0 Å². The van der Waals surface area contributed by atoms with Gasteiger partial charge in [-0.05, 0) is 57.2 Å². The van der Waals surface area contributed by atoms with E-state index in [4.69, 9.17) is 5.11 Å². The van der Waals surface area contributed by atoms with Crippen LogP contribution in [0.2, 0.25) is 0 Å². The average molecular weight is 397 g/mol. The Morgan fingerprint density at radius 1 is 1.29 bits per heavy atom. The molecule has 0 unspecified atom stereocenters. The van der Waals surface area contributed by atoms with Crippen LogP contribution >= 0.6 is 15.9 Å². The molecule has 1 aliphatic rings. The highest BCUT2D eigenvalue weighted by Gasteiger charge is 2.28. The van der Waals surface area contributed by atoms with Crippen molar-refractivity contribution in [3.8, 4) is 0 Å². The number of carboxylic acid groups (broad SMARTS) is 1. The molecule has 2 N–H and O–H groups in total. The number of nitrogens with zero attached hydrogens (tertiary/aromatic N) is 1. The summed E-state index contributed by atoms with van der Waals surface area (Å²) in [5.41, 5.74) is 1.07. The van der Waals surface area contributed by atoms with Gasteiger partial charge >= 0.3 is 12.0 Å². The van der Waals surface area contributed by atoms with Crippen LogP contribution in [0.25, 0.3) is 0 Å². The van der Waals surface area contributed by atoms with E-state index in [2.05, 4.69) is 21.2 Å². The van der Waals surface area contributed by atoms with Crippen molar-refractivity contribution in [2.75, 3.05) is 0 Å². The van der Waals surface area contributed by atoms with Crippen molar-refractivity contribution >= 4 is 27.9 Å². The quantitative estimate of drug-likeness (QED) is 0.789. The number of carboxylic acids is 1. The minimum Gasteiger partial charge on any atom is -0.481 e. The fraction of sp³-hybridized carbons (Fsp3) is 0.556. The second-order valence-electron chi connectivity index (χ2n) is 6.69. The number of benzene rings is 1. The second-order valence-corrected chi connectivity index (χ2v) is 7.60. The largest absolute Gasteiger partial charge is 0.481 e. The Kier molecular flexibility index (Phi) is 6.66. The Labute approximate surface area is 151 Å². The monoisotopic (exact) mass is 396 g/mol. The zero-order valence-electron chi connectivity index (χ0n) is 14.2. The lowest BCUT2D eigenvalue weighted by Crippen LogP contribution is -2.48. The number of urea groups is 1. The van der Waals surface area contributed by atoms with Crippen molar-refractivity contribution in [1.29, 1.82) is 0 Å². The van der Waals surface area contributed by atoms with E-state index in [9.17, 15) is 9.59 Å². The van der Waals surface area contributed by atoms with Gasteiger partial charge in [-0.2, -0.15) is 0 Å². The van der Waals surface area contributed by atoms with Crippen LogP contribution in [0.4, 0.5) is 4.79 Å². The van der Waals surface area contributed by atoms with E-state index >= 15 is 0 Å². The summed E-state index contributed by atoms with van der Waals surface area (Å²) in [5, 5.41) is 12.1. The van der Waals surface area contributed by atoms with E-state index < -0.39 is 5.97 Å². The van der Waals surface area contributed by atoms with Gasteiger partial charge in [0.05, 0.1) is 5.92 Å². The highest BCUT2D eigenvalue weighted by atomic mass is 79.9. The number of aliphatic carboxylic acids is 1. The van der Waals surface area contributed by atoms with Crippen molar-refractivity contribution in [3.05, 3.63) is 34.3 Å². The van der Waals surface area contributed by atoms with Gasteiger partial charge in [-0.25, -0.2) is 4.79 Å². The van der Waals surface area contributed by atoms with E-state index in [1.807, 2.05) is 43.0 Å². The van der Waals surface area contributed by atoms with E-state index in [1.165, 1.54) is 0 Å². The van der Waals surface area contributed by atoms with Crippen molar-refractivity contribution in [3.63, 3.8) is 0 Å². The summed E-state index contributed by atoms with van der Waals surface area (Å²) in [7, 11) is 0. The zero-order valence-corrected chi connectivity index (χ0v) is 15.8. The molecule has 0 aliphatic heterocycles. The van der Waals surface area contributed by atoms with Crippen molar-refractivity contribution in [2.45, 2.75) is 58.2 Å². The summed E-state index contributed by atoms with van der Waals surface area (Å²) >= 11 is 3.46. The maximum absolute atomic E-state index is 12.6. The van der Waals surface area contributed by atoms with Crippen molar-refractivity contribution < 1.29 is 14.7 Å². The molecule has 0 aromatic heterocycles. The molecule has 1 aromatic carbocycles. The maximum atomic E-state index is 12.6. The SMILES string of the molecule is CC(C)N(Cc1cccc(Br)c1)C(=O)NC1CCC(C(=O)O)CC1. The number of nitrogens with one attached hydrogen (secondary N) is 1. The third-order valence-corrected chi connectivity index (χ3v) is 5.02. The molecular formula is C18H25BrN2O3. The molecule has 0 heterocycles. The Balaban J connectivity index is 1.93. The van der Waals surface area contributed by atoms with Crippen LogP contribution in [-0.2, 0) is 11.3 Å². The van der Waals surface area contributed by atoms with Gasteiger partial charge in [0, 0.05) is 23.1 Å². The van der Waals surface area contributed by atoms with Crippen LogP contribution in [0.1, 0.15) is 45.1 Å². The van der Waals surface area contributed by atoms with Crippen molar-refractivity contribution in [2.24, 2.45) is 5.92 Å². The molecule has 132 valence electrons. The highest BCUT2D eigenvalue weighted by molar-refractivity contribution is 9.10. The first-order valence-electron chi connectivity index (χ1n) is 8.41. The summed E-state index contributed by atoms with van der Waals surface area (Å²) < 4.78 is 0.996. The molecule has 1 aliphatic carbocycles. The summed E-state index contributed by atoms with van der Waals surface area (Å²) in [6.07, 6.45) is 2.72. The minimum atomic E-state index is -0.724. The van der Waals surface area contributed by atoms with E-state index in [0.29, 0.717) is 19.4 Å². The lowest BCUT2D eigenvalue weighted by molar-refractivity contribution is -0.142. The van der Waals surface area contributed by atoms with Crippen LogP contribution in [0, 0.1) is 5.92 Å². The third kappa shape index (κ3) is 5.23. The van der Waals surface area contributed by atoms with E-state index in [0.717, 1.165) is 22.9 Å². The first kappa shape index (κ1) is 18.8. The van der Waals surface area contributed by atoms with Crippen LogP contribution in [0.3, 0.4) is 0 Å². The smallest absolute Gasteiger partial charge is 0.318 e. The lowest BCUT2D eigenvalue weighted by Gasteiger charge is -2.32. The molecule has 1 aromatic rings. The normalized spacial score (nSPS) is 20.7. The second kappa shape index (κ2) is 8.51. The first-order valence-corrected chi connectivity index (χ1v) is 9.20. The molecule has 1 fully saturated rings. The average Bonchev–Trinajstić information content (AvgIpc) is 2.52. The first-order chi connectivity index (χ1) is 11.4. The highest BCUT2D eigenvalue weighted by Crippen LogP contribution is 2.25. The molecule has 5 nitrogen and oxygen atoms in total. The Morgan fingerprint density at radius 3 is 2.50 bits per heavy atom. The molecule has 1 saturated carbocycles. The number of hydrogen-bond acceptors (Lipinski definition) is 2. The summed E-state index contributed by atoms with van der Waals surface area (Å²) in [6.45, 7) is 4.55. The molecule has 0 bridgehead atoms. The van der Waals surface area contributed by atoms with Gasteiger partial charge in [0.1, 0.15) is 0 Å². The van der Waals surface area contributed by atoms with Gasteiger partial charge < -0.3 is 15.3 Å². The molecule has 2 amide bonds. The summed E-state index contributed by atoms with van der Waals surface area (Å²) in [4.78, 5) is 25.5. The van der Waals surface area contributed by atoms with Crippen LogP contribution < -0.4 is 5.32 Å². The fourth-order valence-electron chi connectivity index (χ4n) is 3.06. The summed E-state index contributed by atoms with van der Waals surface area (Å²) in [5.74, 6) is -0.987. The molecule has 6 heteroatoms. The maximum Gasteiger partial charge on any atom is 0.318 e. The molecule has 0 atom stereocenters. The fourth-order valence-corrected chi connectivity index (χ4v) is 3.51. The third-order valence-electron chi connectivity index (χ3n) is 4.53. The number of carbonyl (C=O) groups excluding carboxylic acids is 1. The molecular weight excluding hydrogens is 372 g/mol. The predicted octanol–water partition coefficient (Wildman–Crippen LogP) is 4.01. The van der Waals surface area contributed by atoms with Gasteiger partial charge in [-0.15, -0.1) is 0 Å². The standard InChI is InChI=1S/C18H25BrN2O3/c1-12(2)21(11-13-4-3-5-15(19)10-13)18(24)20-16-8-6-14(7-9-16)17(22)23/h3-5,10,12,14,16H,6-9,11H2,1-2H3,(H,20,24)(H,22,23). The zero-order chi connectivity index (χ0) is 17.7. The van der Waals surface area contributed by atoms with Crippen LogP contribution in [-0.4, -0.2) is 34.1 Å². The number of carbonyl (C=O) groups is 2. The van der Waals surface area contributed by atoms with E-state index in [-0.39, 0.29) is 24.0 Å². The Bertz CT molecular complexity index is 583. The Hall–Kier alpha value is -1.56. The van der Waals surface area contributed by atoms with Gasteiger partial charge in [0.15, 0.2) is 0 Å². The van der Waals surface area contributed by atoms with Crippen LogP contribution in [0.15, 0.2) is 28.7 Å². The summed E-state index contributed by atoms with van der Waals surface area (Å²) in [6, 6.07) is 8.01.